The highest BCUT2D eigenvalue weighted by atomic mass is 35.5. The number of hydrogen-bond acceptors (Lipinski definition) is 1. The maximum absolute atomic E-state index is 13.2. The summed E-state index contributed by atoms with van der Waals surface area (Å²) in [6.45, 7) is 3.77. The van der Waals surface area contributed by atoms with E-state index in [0.717, 1.165) is 23.3 Å². The number of amides is 1. The normalized spacial score (nSPS) is 10.4. The Morgan fingerprint density at radius 2 is 1.80 bits per heavy atom. The average molecular weight is 296 g/mol. The fourth-order valence-corrected chi connectivity index (χ4v) is 2.01. The van der Waals surface area contributed by atoms with Gasteiger partial charge in [-0.05, 0) is 43.2 Å². The molecule has 2 aromatic carbocycles. The number of carbonyl (C=O) groups excluding carboxylic acids is 1. The number of hydrogen-bond donors (Lipinski definition) is 1. The van der Waals surface area contributed by atoms with Gasteiger partial charge in [0.1, 0.15) is 0 Å². The fourth-order valence-electron chi connectivity index (χ4n) is 1.77. The Bertz CT molecular complexity index is 686. The quantitative estimate of drug-likeness (QED) is 0.813. The molecule has 104 valence electrons. The third-order valence-corrected chi connectivity index (χ3v) is 3.42. The molecule has 0 aromatic heterocycles. The number of carbonyl (C=O) groups is 1. The van der Waals surface area contributed by atoms with Crippen LogP contribution in [0.2, 0.25) is 5.02 Å². The van der Waals surface area contributed by atoms with Gasteiger partial charge in [0.05, 0.1) is 10.6 Å². The molecule has 0 saturated carbocycles. The zero-order valence-corrected chi connectivity index (χ0v) is 11.7. The smallest absolute Gasteiger partial charge is 0.257 e. The number of benzene rings is 2. The van der Waals surface area contributed by atoms with Crippen molar-refractivity contribution in [2.24, 2.45) is 0 Å². The summed E-state index contributed by atoms with van der Waals surface area (Å²) in [5.74, 6) is -2.78. The van der Waals surface area contributed by atoms with Crippen molar-refractivity contribution in [3.05, 3.63) is 63.7 Å². The van der Waals surface area contributed by atoms with Gasteiger partial charge < -0.3 is 5.32 Å². The van der Waals surface area contributed by atoms with Crippen LogP contribution in [-0.2, 0) is 0 Å². The predicted molar refractivity (Wildman–Crippen MR) is 75.2 cm³/mol. The van der Waals surface area contributed by atoms with Gasteiger partial charge >= 0.3 is 0 Å². The Balaban J connectivity index is 2.33. The first-order valence-electron chi connectivity index (χ1n) is 5.92. The maximum Gasteiger partial charge on any atom is 0.257 e. The van der Waals surface area contributed by atoms with E-state index in [2.05, 4.69) is 5.32 Å². The molecule has 0 aliphatic carbocycles. The van der Waals surface area contributed by atoms with E-state index < -0.39 is 17.5 Å². The maximum atomic E-state index is 13.2. The van der Waals surface area contributed by atoms with Crippen molar-refractivity contribution >= 4 is 23.2 Å². The summed E-state index contributed by atoms with van der Waals surface area (Å²) in [7, 11) is 0. The molecule has 0 radical (unpaired) electrons. The average Bonchev–Trinajstić information content (AvgIpc) is 2.39. The second-order valence-electron chi connectivity index (χ2n) is 4.45. The van der Waals surface area contributed by atoms with Gasteiger partial charge in [0, 0.05) is 5.69 Å². The number of anilines is 1. The van der Waals surface area contributed by atoms with Crippen LogP contribution in [0.25, 0.3) is 0 Å². The standard InChI is InChI=1S/C15H12ClF2NO/c1-8-4-3-5-14(9(8)2)19-15(20)10-6-12(17)13(18)7-11(10)16/h3-7H,1-2H3,(H,19,20). The van der Waals surface area contributed by atoms with E-state index in [9.17, 15) is 13.6 Å². The van der Waals surface area contributed by atoms with Gasteiger partial charge in [-0.25, -0.2) is 8.78 Å². The van der Waals surface area contributed by atoms with Crippen LogP contribution >= 0.6 is 11.6 Å². The molecule has 1 N–H and O–H groups in total. The lowest BCUT2D eigenvalue weighted by atomic mass is 10.1. The molecular weight excluding hydrogens is 284 g/mol. The molecule has 0 bridgehead atoms. The van der Waals surface area contributed by atoms with Gasteiger partial charge in [-0.3, -0.25) is 4.79 Å². The van der Waals surface area contributed by atoms with Crippen LogP contribution < -0.4 is 5.32 Å². The van der Waals surface area contributed by atoms with Crippen molar-refractivity contribution in [3.8, 4) is 0 Å². The first-order chi connectivity index (χ1) is 9.40. The molecule has 5 heteroatoms. The van der Waals surface area contributed by atoms with Crippen LogP contribution in [0.5, 0.6) is 0 Å². The molecule has 2 rings (SSSR count). The van der Waals surface area contributed by atoms with E-state index in [1.54, 1.807) is 12.1 Å². The molecule has 0 heterocycles. The zero-order chi connectivity index (χ0) is 14.9. The monoisotopic (exact) mass is 295 g/mol. The molecule has 0 unspecified atom stereocenters. The SMILES string of the molecule is Cc1cccc(NC(=O)c2cc(F)c(F)cc2Cl)c1C. The van der Waals surface area contributed by atoms with Gasteiger partial charge in [-0.15, -0.1) is 0 Å². The van der Waals surface area contributed by atoms with Crippen molar-refractivity contribution in [1.82, 2.24) is 0 Å². The van der Waals surface area contributed by atoms with Gasteiger partial charge in [0.15, 0.2) is 11.6 Å². The Hall–Kier alpha value is -1.94. The topological polar surface area (TPSA) is 29.1 Å². The number of aryl methyl sites for hydroxylation is 1. The molecule has 1 amide bonds. The predicted octanol–water partition coefficient (Wildman–Crippen LogP) is 4.49. The highest BCUT2D eigenvalue weighted by Crippen LogP contribution is 2.23. The molecule has 0 spiro atoms. The van der Waals surface area contributed by atoms with E-state index in [4.69, 9.17) is 11.6 Å². The molecule has 2 nitrogen and oxygen atoms in total. The highest BCUT2D eigenvalue weighted by Gasteiger charge is 2.16. The first-order valence-corrected chi connectivity index (χ1v) is 6.30. The molecule has 0 aliphatic heterocycles. The Labute approximate surface area is 120 Å². The molecule has 2 aromatic rings. The van der Waals surface area contributed by atoms with Crippen LogP contribution in [-0.4, -0.2) is 5.91 Å². The van der Waals surface area contributed by atoms with Crippen molar-refractivity contribution in [2.45, 2.75) is 13.8 Å². The van der Waals surface area contributed by atoms with Gasteiger partial charge in [0.25, 0.3) is 5.91 Å². The van der Waals surface area contributed by atoms with Crippen LogP contribution in [0.4, 0.5) is 14.5 Å². The molecule has 0 aliphatic rings. The van der Waals surface area contributed by atoms with E-state index in [0.29, 0.717) is 5.69 Å². The third kappa shape index (κ3) is 2.80. The van der Waals surface area contributed by atoms with Gasteiger partial charge in [-0.2, -0.15) is 0 Å². The van der Waals surface area contributed by atoms with E-state index in [1.165, 1.54) is 0 Å². The molecule has 20 heavy (non-hydrogen) atoms. The lowest BCUT2D eigenvalue weighted by Gasteiger charge is -2.11. The second-order valence-corrected chi connectivity index (χ2v) is 4.85. The Morgan fingerprint density at radius 3 is 2.50 bits per heavy atom. The van der Waals surface area contributed by atoms with Gasteiger partial charge in [0.2, 0.25) is 0 Å². The Morgan fingerprint density at radius 1 is 1.15 bits per heavy atom. The number of halogens is 3. The minimum Gasteiger partial charge on any atom is -0.322 e. The second kappa shape index (κ2) is 5.59. The summed E-state index contributed by atoms with van der Waals surface area (Å²) in [6.07, 6.45) is 0. The number of nitrogens with one attached hydrogen (secondary N) is 1. The fraction of sp³-hybridized carbons (Fsp3) is 0.133. The Kier molecular flexibility index (Phi) is 4.04. The summed E-state index contributed by atoms with van der Waals surface area (Å²) in [6, 6.07) is 7.02. The largest absolute Gasteiger partial charge is 0.322 e. The minimum absolute atomic E-state index is 0.105. The summed E-state index contributed by atoms with van der Waals surface area (Å²) in [5, 5.41) is 2.51. The minimum atomic E-state index is -1.11. The van der Waals surface area contributed by atoms with E-state index in [-0.39, 0.29) is 10.6 Å². The van der Waals surface area contributed by atoms with Crippen LogP contribution in [0.15, 0.2) is 30.3 Å². The molecule has 0 saturated heterocycles. The van der Waals surface area contributed by atoms with Gasteiger partial charge in [-0.1, -0.05) is 23.7 Å². The first kappa shape index (κ1) is 14.5. The van der Waals surface area contributed by atoms with Crippen molar-refractivity contribution in [3.63, 3.8) is 0 Å². The van der Waals surface area contributed by atoms with E-state index >= 15 is 0 Å². The summed E-state index contributed by atoms with van der Waals surface area (Å²) in [4.78, 5) is 12.1. The summed E-state index contributed by atoms with van der Waals surface area (Å²) < 4.78 is 26.2. The highest BCUT2D eigenvalue weighted by molar-refractivity contribution is 6.34. The van der Waals surface area contributed by atoms with Crippen LogP contribution in [0.3, 0.4) is 0 Å². The summed E-state index contributed by atoms with van der Waals surface area (Å²) >= 11 is 5.77. The molecule has 0 atom stereocenters. The summed E-state index contributed by atoms with van der Waals surface area (Å²) in [5.41, 5.74) is 2.42. The van der Waals surface area contributed by atoms with Crippen molar-refractivity contribution in [2.75, 3.05) is 5.32 Å². The number of rotatable bonds is 2. The van der Waals surface area contributed by atoms with Crippen LogP contribution in [0, 0.1) is 25.5 Å². The molecule has 0 fully saturated rings. The zero-order valence-electron chi connectivity index (χ0n) is 10.9. The lowest BCUT2D eigenvalue weighted by molar-refractivity contribution is 0.102. The lowest BCUT2D eigenvalue weighted by Crippen LogP contribution is -2.14. The van der Waals surface area contributed by atoms with E-state index in [1.807, 2.05) is 19.9 Å². The van der Waals surface area contributed by atoms with Crippen molar-refractivity contribution < 1.29 is 13.6 Å². The van der Waals surface area contributed by atoms with Crippen LogP contribution in [0.1, 0.15) is 21.5 Å². The third-order valence-electron chi connectivity index (χ3n) is 3.11. The molecular formula is C15H12ClF2NO. The van der Waals surface area contributed by atoms with Crippen molar-refractivity contribution in [1.29, 1.82) is 0 Å².